The average molecular weight is 301 g/mol. The summed E-state index contributed by atoms with van der Waals surface area (Å²) < 4.78 is 0. The molecule has 0 atom stereocenters. The molecule has 1 aliphatic rings. The van der Waals surface area contributed by atoms with Gasteiger partial charge in [-0.05, 0) is 36.3 Å². The molecule has 3 nitrogen and oxygen atoms in total. The molecule has 104 valence electrons. The molecule has 0 bridgehead atoms. The number of carbonyl (C=O) groups excluding carboxylic acids is 1. The Kier molecular flexibility index (Phi) is 3.98. The Balaban J connectivity index is 2.05. The van der Waals surface area contributed by atoms with Gasteiger partial charge in [0, 0.05) is 12.1 Å². The van der Waals surface area contributed by atoms with E-state index in [1.165, 1.54) is 12.8 Å². The first-order chi connectivity index (χ1) is 8.85. The number of nitrogens with one attached hydrogen (secondary N) is 1. The van der Waals surface area contributed by atoms with Crippen molar-refractivity contribution in [1.29, 1.82) is 0 Å². The van der Waals surface area contributed by atoms with E-state index in [0.717, 1.165) is 0 Å². The van der Waals surface area contributed by atoms with Crippen molar-refractivity contribution in [1.82, 2.24) is 5.32 Å². The lowest BCUT2D eigenvalue weighted by atomic mass is 9.92. The number of anilines is 1. The predicted octanol–water partition coefficient (Wildman–Crippen LogP) is 3.74. The zero-order valence-corrected chi connectivity index (χ0v) is 12.6. The monoisotopic (exact) mass is 300 g/mol. The Bertz CT molecular complexity index is 487. The Morgan fingerprint density at radius 2 is 1.89 bits per heavy atom. The zero-order valence-electron chi connectivity index (χ0n) is 11.1. The van der Waals surface area contributed by atoms with Crippen LogP contribution in [0.5, 0.6) is 0 Å². The second-order valence-corrected chi connectivity index (χ2v) is 6.37. The summed E-state index contributed by atoms with van der Waals surface area (Å²) in [5, 5.41) is 3.58. The third kappa shape index (κ3) is 2.98. The van der Waals surface area contributed by atoms with E-state index < -0.39 is 0 Å². The number of nitrogens with two attached hydrogens (primary N) is 1. The van der Waals surface area contributed by atoms with Crippen LogP contribution in [-0.4, -0.2) is 12.5 Å². The molecule has 1 saturated carbocycles. The highest BCUT2D eigenvalue weighted by Gasteiger charge is 2.45. The zero-order chi connectivity index (χ0) is 14.2. The first-order valence-electron chi connectivity index (χ1n) is 6.38. The SMILES string of the molecule is CC(C)C1(CNC(=O)c2cc(Cl)c(N)c(Cl)c2)CC1. The highest BCUT2D eigenvalue weighted by Crippen LogP contribution is 2.51. The standard InChI is InChI=1S/C14H18Cl2N2O/c1-8(2)14(3-4-14)7-18-13(19)9-5-10(15)12(17)11(16)6-9/h5-6,8H,3-4,7,17H2,1-2H3,(H,18,19). The molecule has 0 spiro atoms. The van der Waals surface area contributed by atoms with Crippen LogP contribution >= 0.6 is 23.2 Å². The molecule has 0 saturated heterocycles. The smallest absolute Gasteiger partial charge is 0.251 e. The van der Waals surface area contributed by atoms with E-state index in [4.69, 9.17) is 28.9 Å². The van der Waals surface area contributed by atoms with Crippen molar-refractivity contribution in [3.05, 3.63) is 27.7 Å². The van der Waals surface area contributed by atoms with Gasteiger partial charge in [-0.2, -0.15) is 0 Å². The summed E-state index contributed by atoms with van der Waals surface area (Å²) in [6.45, 7) is 5.08. The summed E-state index contributed by atoms with van der Waals surface area (Å²) in [6, 6.07) is 3.10. The van der Waals surface area contributed by atoms with Crippen LogP contribution in [0.15, 0.2) is 12.1 Å². The number of hydrogen-bond acceptors (Lipinski definition) is 2. The third-order valence-electron chi connectivity index (χ3n) is 4.06. The number of benzene rings is 1. The summed E-state index contributed by atoms with van der Waals surface area (Å²) in [4.78, 5) is 12.1. The third-order valence-corrected chi connectivity index (χ3v) is 4.68. The van der Waals surface area contributed by atoms with Gasteiger partial charge in [-0.15, -0.1) is 0 Å². The van der Waals surface area contributed by atoms with Gasteiger partial charge in [0.05, 0.1) is 15.7 Å². The van der Waals surface area contributed by atoms with E-state index in [-0.39, 0.29) is 11.3 Å². The highest BCUT2D eigenvalue weighted by atomic mass is 35.5. The molecule has 0 aromatic heterocycles. The van der Waals surface area contributed by atoms with Gasteiger partial charge in [0.1, 0.15) is 0 Å². The topological polar surface area (TPSA) is 55.1 Å². The lowest BCUT2D eigenvalue weighted by Gasteiger charge is -2.20. The molecule has 19 heavy (non-hydrogen) atoms. The lowest BCUT2D eigenvalue weighted by Crippen LogP contribution is -2.32. The van der Waals surface area contributed by atoms with Crippen LogP contribution in [0.4, 0.5) is 5.69 Å². The van der Waals surface area contributed by atoms with Gasteiger partial charge in [-0.3, -0.25) is 4.79 Å². The fraction of sp³-hybridized carbons (Fsp3) is 0.500. The van der Waals surface area contributed by atoms with Gasteiger partial charge in [0.15, 0.2) is 0 Å². The molecule has 0 heterocycles. The van der Waals surface area contributed by atoms with E-state index in [0.29, 0.717) is 33.8 Å². The Labute approximate surface area is 123 Å². The molecular weight excluding hydrogens is 283 g/mol. The minimum Gasteiger partial charge on any atom is -0.396 e. The Morgan fingerprint density at radius 3 is 2.32 bits per heavy atom. The maximum Gasteiger partial charge on any atom is 0.251 e. The summed E-state index contributed by atoms with van der Waals surface area (Å²) in [5.41, 5.74) is 6.68. The number of carbonyl (C=O) groups is 1. The fourth-order valence-electron chi connectivity index (χ4n) is 2.19. The summed E-state index contributed by atoms with van der Waals surface area (Å²) in [5.74, 6) is 0.419. The van der Waals surface area contributed by atoms with Gasteiger partial charge in [0.25, 0.3) is 5.91 Å². The molecule has 1 aromatic carbocycles. The highest BCUT2D eigenvalue weighted by molar-refractivity contribution is 6.39. The maximum atomic E-state index is 12.1. The normalized spacial score (nSPS) is 16.5. The minimum atomic E-state index is -0.157. The van der Waals surface area contributed by atoms with Crippen molar-refractivity contribution in [2.24, 2.45) is 11.3 Å². The average Bonchev–Trinajstić information content (AvgIpc) is 3.13. The minimum absolute atomic E-state index is 0.157. The number of amides is 1. The molecule has 3 N–H and O–H groups in total. The van der Waals surface area contributed by atoms with E-state index in [2.05, 4.69) is 19.2 Å². The quantitative estimate of drug-likeness (QED) is 0.832. The van der Waals surface area contributed by atoms with E-state index >= 15 is 0 Å². The number of hydrogen-bond donors (Lipinski definition) is 2. The molecule has 0 aliphatic heterocycles. The molecule has 0 unspecified atom stereocenters. The van der Waals surface area contributed by atoms with Crippen molar-refractivity contribution in [3.8, 4) is 0 Å². The fourth-order valence-corrected chi connectivity index (χ4v) is 2.68. The molecular formula is C14H18Cl2N2O. The van der Waals surface area contributed by atoms with Crippen LogP contribution in [0.3, 0.4) is 0 Å². The van der Waals surface area contributed by atoms with Gasteiger partial charge >= 0.3 is 0 Å². The van der Waals surface area contributed by atoms with Crippen LogP contribution in [-0.2, 0) is 0 Å². The van der Waals surface area contributed by atoms with Crippen molar-refractivity contribution in [3.63, 3.8) is 0 Å². The Hall–Kier alpha value is -0.930. The van der Waals surface area contributed by atoms with Crippen LogP contribution in [0, 0.1) is 11.3 Å². The molecule has 1 aliphatic carbocycles. The predicted molar refractivity (Wildman–Crippen MR) is 79.7 cm³/mol. The molecule has 1 aromatic rings. The molecule has 1 amide bonds. The molecule has 5 heteroatoms. The van der Waals surface area contributed by atoms with Crippen LogP contribution in [0.2, 0.25) is 10.0 Å². The second-order valence-electron chi connectivity index (χ2n) is 5.55. The summed E-state index contributed by atoms with van der Waals surface area (Å²) in [6.07, 6.45) is 2.35. The second kappa shape index (κ2) is 5.22. The maximum absolute atomic E-state index is 12.1. The van der Waals surface area contributed by atoms with Gasteiger partial charge in [-0.25, -0.2) is 0 Å². The molecule has 2 rings (SSSR count). The van der Waals surface area contributed by atoms with Crippen LogP contribution in [0.1, 0.15) is 37.0 Å². The number of rotatable bonds is 4. The van der Waals surface area contributed by atoms with Gasteiger partial charge in [-0.1, -0.05) is 37.0 Å². The molecule has 0 radical (unpaired) electrons. The van der Waals surface area contributed by atoms with Crippen LogP contribution in [0.25, 0.3) is 0 Å². The van der Waals surface area contributed by atoms with Gasteiger partial charge in [0.2, 0.25) is 0 Å². The number of halogens is 2. The van der Waals surface area contributed by atoms with Crippen LogP contribution < -0.4 is 11.1 Å². The van der Waals surface area contributed by atoms with Crippen molar-refractivity contribution in [2.75, 3.05) is 12.3 Å². The Morgan fingerprint density at radius 1 is 1.37 bits per heavy atom. The first kappa shape index (κ1) is 14.5. The first-order valence-corrected chi connectivity index (χ1v) is 7.14. The molecule has 1 fully saturated rings. The van der Waals surface area contributed by atoms with Gasteiger partial charge < -0.3 is 11.1 Å². The largest absolute Gasteiger partial charge is 0.396 e. The number of nitrogen functional groups attached to an aromatic ring is 1. The van der Waals surface area contributed by atoms with Crippen molar-refractivity contribution in [2.45, 2.75) is 26.7 Å². The van der Waals surface area contributed by atoms with E-state index in [1.54, 1.807) is 12.1 Å². The summed E-state index contributed by atoms with van der Waals surface area (Å²) >= 11 is 11.9. The van der Waals surface area contributed by atoms with E-state index in [9.17, 15) is 4.79 Å². The van der Waals surface area contributed by atoms with Crippen molar-refractivity contribution >= 4 is 34.8 Å². The summed E-state index contributed by atoms with van der Waals surface area (Å²) in [7, 11) is 0. The van der Waals surface area contributed by atoms with Crippen molar-refractivity contribution < 1.29 is 4.79 Å². The van der Waals surface area contributed by atoms with E-state index in [1.807, 2.05) is 0 Å². The lowest BCUT2D eigenvalue weighted by molar-refractivity contribution is 0.0940.